The summed E-state index contributed by atoms with van der Waals surface area (Å²) in [6, 6.07) is 11.6. The molecule has 0 spiro atoms. The molecule has 0 unspecified atom stereocenters. The molecular weight excluding hydrogens is 330 g/mol. The number of nitrogen functional groups attached to an aromatic ring is 1. The minimum Gasteiger partial charge on any atom is -0.465 e. The number of esters is 1. The third kappa shape index (κ3) is 3.67. The van der Waals surface area contributed by atoms with E-state index in [4.69, 9.17) is 10.5 Å². The molecule has 4 heteroatoms. The second-order valence-corrected chi connectivity index (χ2v) is 7.87. The first-order valence-electron chi connectivity index (χ1n) is 8.18. The number of carbonyl (C=O) groups is 1. The number of nitrogens with two attached hydrogens (primary N) is 1. The van der Waals surface area contributed by atoms with Gasteiger partial charge in [-0.15, -0.1) is 11.8 Å². The molecule has 25 heavy (non-hydrogen) atoms. The number of benzene rings is 2. The van der Waals surface area contributed by atoms with Crippen LogP contribution in [0.15, 0.2) is 41.3 Å². The van der Waals surface area contributed by atoms with Gasteiger partial charge in [-0.3, -0.25) is 0 Å². The van der Waals surface area contributed by atoms with Crippen molar-refractivity contribution in [1.82, 2.24) is 0 Å². The Hall–Kier alpha value is -2.38. The lowest BCUT2D eigenvalue weighted by molar-refractivity contribution is 0.0602. The molecular formula is C21H21NO2S. The summed E-state index contributed by atoms with van der Waals surface area (Å²) < 4.78 is 4.70. The summed E-state index contributed by atoms with van der Waals surface area (Å²) in [4.78, 5) is 12.9. The summed E-state index contributed by atoms with van der Waals surface area (Å²) in [6.45, 7) is 4.57. The van der Waals surface area contributed by atoms with Gasteiger partial charge in [-0.2, -0.15) is 0 Å². The Kier molecular flexibility index (Phi) is 4.78. The van der Waals surface area contributed by atoms with Crippen LogP contribution in [0, 0.1) is 11.8 Å². The van der Waals surface area contributed by atoms with Gasteiger partial charge < -0.3 is 10.5 Å². The van der Waals surface area contributed by atoms with Crippen molar-refractivity contribution in [2.45, 2.75) is 30.6 Å². The number of anilines is 1. The summed E-state index contributed by atoms with van der Waals surface area (Å²) >= 11 is 1.91. The van der Waals surface area contributed by atoms with Crippen LogP contribution in [0.1, 0.15) is 47.3 Å². The topological polar surface area (TPSA) is 52.3 Å². The van der Waals surface area contributed by atoms with Crippen LogP contribution >= 0.6 is 11.8 Å². The van der Waals surface area contributed by atoms with Crippen molar-refractivity contribution in [3.63, 3.8) is 0 Å². The van der Waals surface area contributed by atoms with Crippen LogP contribution in [0.2, 0.25) is 0 Å². The van der Waals surface area contributed by atoms with E-state index in [0.717, 1.165) is 16.9 Å². The average molecular weight is 351 g/mol. The molecule has 0 fully saturated rings. The van der Waals surface area contributed by atoms with E-state index in [1.165, 1.54) is 24.0 Å². The SMILES string of the molecule is COC(=O)c1ccc(C#Cc2ccc3c(c2)C(C)(C)CCS3)cc1N. The largest absolute Gasteiger partial charge is 0.465 e. The number of hydrogen-bond donors (Lipinski definition) is 1. The highest BCUT2D eigenvalue weighted by molar-refractivity contribution is 7.99. The summed E-state index contributed by atoms with van der Waals surface area (Å²) in [6.07, 6.45) is 1.17. The Morgan fingerprint density at radius 2 is 1.84 bits per heavy atom. The molecule has 2 N–H and O–H groups in total. The zero-order chi connectivity index (χ0) is 18.0. The van der Waals surface area contributed by atoms with Crippen molar-refractivity contribution < 1.29 is 9.53 Å². The second-order valence-electron chi connectivity index (χ2n) is 6.74. The third-order valence-corrected chi connectivity index (χ3v) is 5.58. The smallest absolute Gasteiger partial charge is 0.339 e. The number of methoxy groups -OCH3 is 1. The minimum atomic E-state index is -0.438. The Balaban J connectivity index is 1.90. The number of fused-ring (bicyclic) bond motifs is 1. The van der Waals surface area contributed by atoms with Gasteiger partial charge in [0.25, 0.3) is 0 Å². The molecule has 3 rings (SSSR count). The minimum absolute atomic E-state index is 0.185. The summed E-state index contributed by atoms with van der Waals surface area (Å²) in [5.74, 6) is 7.06. The summed E-state index contributed by atoms with van der Waals surface area (Å²) in [5, 5.41) is 0. The van der Waals surface area contributed by atoms with Crippen molar-refractivity contribution in [2.75, 3.05) is 18.6 Å². The molecule has 0 atom stereocenters. The van der Waals surface area contributed by atoms with E-state index in [9.17, 15) is 4.79 Å². The molecule has 1 aliphatic rings. The van der Waals surface area contributed by atoms with Gasteiger partial charge in [-0.1, -0.05) is 25.7 Å². The zero-order valence-corrected chi connectivity index (χ0v) is 15.5. The van der Waals surface area contributed by atoms with Gasteiger partial charge in [0.05, 0.1) is 12.7 Å². The molecule has 3 nitrogen and oxygen atoms in total. The van der Waals surface area contributed by atoms with E-state index < -0.39 is 5.97 Å². The van der Waals surface area contributed by atoms with Gasteiger partial charge in [0, 0.05) is 21.7 Å². The van der Waals surface area contributed by atoms with Crippen LogP contribution in [-0.2, 0) is 10.2 Å². The fourth-order valence-corrected chi connectivity index (χ4v) is 4.38. The lowest BCUT2D eigenvalue weighted by Crippen LogP contribution is -2.22. The molecule has 2 aromatic carbocycles. The molecule has 0 aliphatic carbocycles. The van der Waals surface area contributed by atoms with Crippen molar-refractivity contribution in [3.8, 4) is 11.8 Å². The average Bonchev–Trinajstić information content (AvgIpc) is 2.59. The number of thioether (sulfide) groups is 1. The fraction of sp³-hybridized carbons (Fsp3) is 0.286. The maximum atomic E-state index is 11.6. The summed E-state index contributed by atoms with van der Waals surface area (Å²) in [7, 11) is 1.34. The number of carbonyl (C=O) groups excluding carboxylic acids is 1. The highest BCUT2D eigenvalue weighted by Gasteiger charge is 2.27. The first kappa shape index (κ1) is 17.4. The molecule has 0 amide bonds. The number of ether oxygens (including phenoxy) is 1. The zero-order valence-electron chi connectivity index (χ0n) is 14.7. The molecule has 2 aromatic rings. The standard InChI is InChI=1S/C21H21NO2S/c1-21(2)10-11-25-19-9-7-14(12-17(19)21)4-5-15-6-8-16(18(22)13-15)20(23)24-3/h6-9,12-13H,10-11,22H2,1-3H3. The van der Waals surface area contributed by atoms with Crippen LogP contribution < -0.4 is 5.73 Å². The lowest BCUT2D eigenvalue weighted by atomic mass is 9.81. The maximum absolute atomic E-state index is 11.6. The number of rotatable bonds is 1. The molecule has 1 heterocycles. The van der Waals surface area contributed by atoms with Crippen LogP contribution in [-0.4, -0.2) is 18.8 Å². The normalized spacial score (nSPS) is 14.8. The van der Waals surface area contributed by atoms with E-state index in [1.54, 1.807) is 18.2 Å². The van der Waals surface area contributed by atoms with Crippen molar-refractivity contribution in [1.29, 1.82) is 0 Å². The predicted molar refractivity (Wildman–Crippen MR) is 103 cm³/mol. The van der Waals surface area contributed by atoms with Crippen LogP contribution in [0.25, 0.3) is 0 Å². The Morgan fingerprint density at radius 3 is 2.52 bits per heavy atom. The van der Waals surface area contributed by atoms with Gasteiger partial charge >= 0.3 is 5.97 Å². The van der Waals surface area contributed by atoms with Crippen molar-refractivity contribution >= 4 is 23.4 Å². The second kappa shape index (κ2) is 6.85. The van der Waals surface area contributed by atoms with Gasteiger partial charge in [0.2, 0.25) is 0 Å². The van der Waals surface area contributed by atoms with Crippen LogP contribution in [0.4, 0.5) is 5.69 Å². The van der Waals surface area contributed by atoms with Crippen molar-refractivity contribution in [3.05, 3.63) is 58.7 Å². The highest BCUT2D eigenvalue weighted by atomic mass is 32.2. The lowest BCUT2D eigenvalue weighted by Gasteiger charge is -2.32. The molecule has 0 radical (unpaired) electrons. The molecule has 0 bridgehead atoms. The van der Waals surface area contributed by atoms with Crippen LogP contribution in [0.5, 0.6) is 0 Å². The van der Waals surface area contributed by atoms with Gasteiger partial charge in [0.1, 0.15) is 0 Å². The van der Waals surface area contributed by atoms with Gasteiger partial charge in [0.15, 0.2) is 0 Å². The van der Waals surface area contributed by atoms with Gasteiger partial charge in [-0.05, 0) is 59.6 Å². The molecule has 0 saturated carbocycles. The third-order valence-electron chi connectivity index (χ3n) is 4.50. The highest BCUT2D eigenvalue weighted by Crippen LogP contribution is 2.41. The molecule has 0 saturated heterocycles. The Bertz CT molecular complexity index is 890. The quantitative estimate of drug-likeness (QED) is 0.475. The maximum Gasteiger partial charge on any atom is 0.339 e. The first-order valence-corrected chi connectivity index (χ1v) is 9.16. The molecule has 128 valence electrons. The van der Waals surface area contributed by atoms with E-state index in [1.807, 2.05) is 11.8 Å². The predicted octanol–water partition coefficient (Wildman–Crippen LogP) is 4.23. The fourth-order valence-electron chi connectivity index (χ4n) is 2.89. The summed E-state index contributed by atoms with van der Waals surface area (Å²) in [5.41, 5.74) is 9.98. The monoisotopic (exact) mass is 351 g/mol. The molecule has 0 aromatic heterocycles. The Labute approximate surface area is 153 Å². The van der Waals surface area contributed by atoms with Gasteiger partial charge in [-0.25, -0.2) is 4.79 Å². The van der Waals surface area contributed by atoms with Crippen LogP contribution in [0.3, 0.4) is 0 Å². The van der Waals surface area contributed by atoms with E-state index in [-0.39, 0.29) is 5.41 Å². The molecule has 1 aliphatic heterocycles. The van der Waals surface area contributed by atoms with E-state index >= 15 is 0 Å². The van der Waals surface area contributed by atoms with E-state index in [2.05, 4.69) is 43.9 Å². The Morgan fingerprint density at radius 1 is 1.16 bits per heavy atom. The van der Waals surface area contributed by atoms with E-state index in [0.29, 0.717) is 11.3 Å². The van der Waals surface area contributed by atoms with Crippen molar-refractivity contribution in [2.24, 2.45) is 0 Å². The number of hydrogen-bond acceptors (Lipinski definition) is 4. The first-order chi connectivity index (χ1) is 11.9.